The Bertz CT molecular complexity index is 899. The first kappa shape index (κ1) is 14.6. The lowest BCUT2D eigenvalue weighted by Gasteiger charge is -2.10. The van der Waals surface area contributed by atoms with E-state index < -0.39 is 0 Å². The fourth-order valence-electron chi connectivity index (χ4n) is 2.82. The van der Waals surface area contributed by atoms with Gasteiger partial charge in [0.15, 0.2) is 5.13 Å². The molecule has 0 unspecified atom stereocenters. The standard InChI is InChI=1S/C16H16N4OS2/c1-8-6-13(22-9(8)2)15(21)19-16-18-14-10-7-17-20(3)11(10)4-5-12(14)23-16/h6-7H,4-5H2,1-3H3,(H,18,19,21). The summed E-state index contributed by atoms with van der Waals surface area (Å²) in [5.74, 6) is -0.0799. The van der Waals surface area contributed by atoms with Crippen LogP contribution in [0.1, 0.15) is 30.7 Å². The molecule has 0 radical (unpaired) electrons. The monoisotopic (exact) mass is 344 g/mol. The maximum atomic E-state index is 12.4. The summed E-state index contributed by atoms with van der Waals surface area (Å²) in [4.78, 5) is 20.2. The lowest BCUT2D eigenvalue weighted by atomic mass is 10.0. The minimum atomic E-state index is -0.0799. The lowest BCUT2D eigenvalue weighted by molar-refractivity contribution is 0.103. The van der Waals surface area contributed by atoms with Crippen LogP contribution in [0.2, 0.25) is 0 Å². The van der Waals surface area contributed by atoms with Gasteiger partial charge in [-0.15, -0.1) is 22.7 Å². The summed E-state index contributed by atoms with van der Waals surface area (Å²) >= 11 is 3.09. The Hall–Kier alpha value is -1.99. The number of nitrogens with zero attached hydrogens (tertiary/aromatic N) is 3. The van der Waals surface area contributed by atoms with E-state index in [1.165, 1.54) is 26.8 Å². The molecule has 4 rings (SSSR count). The van der Waals surface area contributed by atoms with Crippen LogP contribution in [-0.2, 0) is 19.9 Å². The Morgan fingerprint density at radius 2 is 2.13 bits per heavy atom. The van der Waals surface area contributed by atoms with E-state index in [0.717, 1.165) is 34.5 Å². The number of anilines is 1. The average molecular weight is 344 g/mol. The van der Waals surface area contributed by atoms with Crippen molar-refractivity contribution >= 4 is 33.7 Å². The van der Waals surface area contributed by atoms with Crippen LogP contribution in [-0.4, -0.2) is 20.7 Å². The highest BCUT2D eigenvalue weighted by Crippen LogP contribution is 2.38. The van der Waals surface area contributed by atoms with Crippen LogP contribution < -0.4 is 5.32 Å². The van der Waals surface area contributed by atoms with Crippen molar-refractivity contribution in [2.24, 2.45) is 7.05 Å². The number of hydrogen-bond acceptors (Lipinski definition) is 5. The summed E-state index contributed by atoms with van der Waals surface area (Å²) in [7, 11) is 1.96. The largest absolute Gasteiger partial charge is 0.297 e. The summed E-state index contributed by atoms with van der Waals surface area (Å²) in [6.07, 6.45) is 3.79. The first-order valence-corrected chi connectivity index (χ1v) is 9.05. The molecule has 5 nitrogen and oxygen atoms in total. The Morgan fingerprint density at radius 3 is 2.87 bits per heavy atom. The molecular weight excluding hydrogens is 328 g/mol. The summed E-state index contributed by atoms with van der Waals surface area (Å²) in [5.41, 5.74) is 4.43. The molecule has 118 valence electrons. The number of hydrogen-bond donors (Lipinski definition) is 1. The number of rotatable bonds is 2. The molecular formula is C16H16N4OS2. The van der Waals surface area contributed by atoms with E-state index >= 15 is 0 Å². The van der Waals surface area contributed by atoms with Gasteiger partial charge in [0, 0.05) is 28.1 Å². The van der Waals surface area contributed by atoms with Crippen LogP contribution in [0, 0.1) is 13.8 Å². The predicted octanol–water partition coefficient (Wildman–Crippen LogP) is 3.57. The van der Waals surface area contributed by atoms with Crippen molar-refractivity contribution in [3.63, 3.8) is 0 Å². The Morgan fingerprint density at radius 1 is 1.30 bits per heavy atom. The summed E-state index contributed by atoms with van der Waals surface area (Å²) in [6.45, 7) is 4.05. The number of fused-ring (bicyclic) bond motifs is 3. The highest BCUT2D eigenvalue weighted by atomic mass is 32.1. The third-order valence-corrected chi connectivity index (χ3v) is 6.40. The van der Waals surface area contributed by atoms with E-state index in [4.69, 9.17) is 0 Å². The fourth-order valence-corrected chi connectivity index (χ4v) is 4.72. The number of carbonyl (C=O) groups is 1. The van der Waals surface area contributed by atoms with Gasteiger partial charge < -0.3 is 0 Å². The number of nitrogens with one attached hydrogen (secondary N) is 1. The van der Waals surface area contributed by atoms with Crippen molar-refractivity contribution in [1.29, 1.82) is 0 Å². The molecule has 1 N–H and O–H groups in total. The van der Waals surface area contributed by atoms with Crippen molar-refractivity contribution in [2.45, 2.75) is 26.7 Å². The number of aromatic nitrogens is 3. The molecule has 0 saturated heterocycles. The number of carbonyl (C=O) groups excluding carboxylic acids is 1. The maximum Gasteiger partial charge on any atom is 0.267 e. The molecule has 0 aromatic carbocycles. The molecule has 0 atom stereocenters. The van der Waals surface area contributed by atoms with Crippen LogP contribution in [0.15, 0.2) is 12.3 Å². The molecule has 23 heavy (non-hydrogen) atoms. The fraction of sp³-hybridized carbons (Fsp3) is 0.312. The maximum absolute atomic E-state index is 12.4. The van der Waals surface area contributed by atoms with Crippen molar-refractivity contribution in [3.05, 3.63) is 38.2 Å². The second kappa shape index (κ2) is 5.28. The Kier molecular flexibility index (Phi) is 3.35. The second-order valence-corrected chi connectivity index (χ2v) is 8.06. The van der Waals surface area contributed by atoms with Crippen LogP contribution in [0.25, 0.3) is 11.3 Å². The molecule has 0 bridgehead atoms. The Balaban J connectivity index is 1.63. The van der Waals surface area contributed by atoms with Crippen LogP contribution >= 0.6 is 22.7 Å². The van der Waals surface area contributed by atoms with Gasteiger partial charge in [0.1, 0.15) is 0 Å². The SMILES string of the molecule is Cc1cc(C(=O)Nc2nc3c(s2)CCc2c-3cnn2C)sc1C. The van der Waals surface area contributed by atoms with E-state index in [1.807, 2.05) is 37.8 Å². The van der Waals surface area contributed by atoms with Gasteiger partial charge in [-0.2, -0.15) is 5.10 Å². The van der Waals surface area contributed by atoms with Gasteiger partial charge in [-0.3, -0.25) is 14.8 Å². The van der Waals surface area contributed by atoms with E-state index in [9.17, 15) is 4.79 Å². The molecule has 0 fully saturated rings. The summed E-state index contributed by atoms with van der Waals surface area (Å²) in [5, 5.41) is 7.94. The lowest BCUT2D eigenvalue weighted by Crippen LogP contribution is -2.09. The van der Waals surface area contributed by atoms with Gasteiger partial charge in [0.2, 0.25) is 0 Å². The second-order valence-electron chi connectivity index (χ2n) is 5.72. The molecule has 1 aliphatic rings. The molecule has 0 spiro atoms. The van der Waals surface area contributed by atoms with Gasteiger partial charge in [-0.1, -0.05) is 0 Å². The van der Waals surface area contributed by atoms with Crippen molar-refractivity contribution in [2.75, 3.05) is 5.32 Å². The van der Waals surface area contributed by atoms with Crippen molar-refractivity contribution in [1.82, 2.24) is 14.8 Å². The molecule has 0 saturated carbocycles. The minimum Gasteiger partial charge on any atom is -0.297 e. The number of thiophene rings is 1. The number of aryl methyl sites for hydroxylation is 4. The highest BCUT2D eigenvalue weighted by Gasteiger charge is 2.24. The van der Waals surface area contributed by atoms with Gasteiger partial charge in [0.05, 0.1) is 16.8 Å². The molecule has 1 aliphatic carbocycles. The highest BCUT2D eigenvalue weighted by molar-refractivity contribution is 7.16. The third kappa shape index (κ3) is 2.40. The normalized spacial score (nSPS) is 12.8. The molecule has 1 amide bonds. The molecule has 3 heterocycles. The summed E-state index contributed by atoms with van der Waals surface area (Å²) in [6, 6.07) is 1.93. The zero-order chi connectivity index (χ0) is 16.1. The third-order valence-electron chi connectivity index (χ3n) is 4.21. The molecule has 3 aromatic rings. The number of thiazole rings is 1. The van der Waals surface area contributed by atoms with E-state index in [1.54, 1.807) is 11.3 Å². The van der Waals surface area contributed by atoms with E-state index in [2.05, 4.69) is 15.4 Å². The smallest absolute Gasteiger partial charge is 0.267 e. The van der Waals surface area contributed by atoms with Crippen LogP contribution in [0.4, 0.5) is 5.13 Å². The first-order valence-electron chi connectivity index (χ1n) is 7.42. The predicted molar refractivity (Wildman–Crippen MR) is 93.5 cm³/mol. The van der Waals surface area contributed by atoms with Crippen LogP contribution in [0.5, 0.6) is 0 Å². The molecule has 0 aliphatic heterocycles. The van der Waals surface area contributed by atoms with E-state index in [-0.39, 0.29) is 5.91 Å². The average Bonchev–Trinajstić information content (AvgIpc) is 3.17. The van der Waals surface area contributed by atoms with Gasteiger partial charge >= 0.3 is 0 Å². The van der Waals surface area contributed by atoms with Gasteiger partial charge in [0.25, 0.3) is 5.91 Å². The minimum absolute atomic E-state index is 0.0799. The zero-order valence-electron chi connectivity index (χ0n) is 13.1. The first-order chi connectivity index (χ1) is 11.0. The summed E-state index contributed by atoms with van der Waals surface area (Å²) < 4.78 is 1.91. The van der Waals surface area contributed by atoms with Crippen molar-refractivity contribution < 1.29 is 4.79 Å². The quantitative estimate of drug-likeness (QED) is 0.773. The van der Waals surface area contributed by atoms with Gasteiger partial charge in [-0.25, -0.2) is 4.98 Å². The van der Waals surface area contributed by atoms with Crippen LogP contribution in [0.3, 0.4) is 0 Å². The van der Waals surface area contributed by atoms with Crippen molar-refractivity contribution in [3.8, 4) is 11.3 Å². The topological polar surface area (TPSA) is 59.8 Å². The molecule has 7 heteroatoms. The molecule has 3 aromatic heterocycles. The van der Waals surface area contributed by atoms with E-state index in [0.29, 0.717) is 5.13 Å². The number of amides is 1. The zero-order valence-corrected chi connectivity index (χ0v) is 14.8. The van der Waals surface area contributed by atoms with Gasteiger partial charge in [-0.05, 0) is 38.3 Å². The Labute approximate surface area is 142 Å².